The lowest BCUT2D eigenvalue weighted by Gasteiger charge is -2.26. The van der Waals surface area contributed by atoms with Gasteiger partial charge in [0.1, 0.15) is 0 Å². The molecule has 10 aromatic rings. The van der Waals surface area contributed by atoms with E-state index in [2.05, 4.69) is 283 Å². The number of halogens is 2. The van der Waals surface area contributed by atoms with Crippen molar-refractivity contribution < 1.29 is 0 Å². The van der Waals surface area contributed by atoms with Crippen LogP contribution >= 0.6 is 31.9 Å². The van der Waals surface area contributed by atoms with Gasteiger partial charge >= 0.3 is 0 Å². The Kier molecular flexibility index (Phi) is 13.9. The highest BCUT2D eigenvalue weighted by Gasteiger charge is 2.19. The first-order chi connectivity index (χ1) is 34.1. The van der Waals surface area contributed by atoms with E-state index in [-0.39, 0.29) is 0 Å². The minimum Gasteiger partial charge on any atom is -0.310 e. The molecule has 0 saturated heterocycles. The van der Waals surface area contributed by atoms with Crippen molar-refractivity contribution in [2.75, 3.05) is 9.80 Å². The number of rotatable bonds is 14. The second-order valence-corrected chi connectivity index (χ2v) is 20.6. The van der Waals surface area contributed by atoms with Crippen LogP contribution in [0.5, 0.6) is 0 Å². The molecule has 0 heterocycles. The SMILES string of the molecule is CCCc1ccc(N(c2ccc(-c3ccc4ccc(C)c(-c5c(C)ccc6ccc(-c7ccc(N(c8ccc(C(C)CCC)cc8)c8cccc(Br)c8)cc7)cc56)c4c3)cc2)c2cccc(Br)c2)cc1. The Morgan fingerprint density at radius 3 is 1.21 bits per heavy atom. The monoisotopic (exact) mass is 1040 g/mol. The zero-order valence-corrected chi connectivity index (χ0v) is 43.9. The lowest BCUT2D eigenvalue weighted by Crippen LogP contribution is -2.10. The van der Waals surface area contributed by atoms with E-state index in [0.29, 0.717) is 5.92 Å². The number of benzene rings is 10. The minimum absolute atomic E-state index is 0.537. The van der Waals surface area contributed by atoms with Gasteiger partial charge in [0.2, 0.25) is 0 Å². The van der Waals surface area contributed by atoms with Gasteiger partial charge in [-0.25, -0.2) is 0 Å². The van der Waals surface area contributed by atoms with E-state index in [1.54, 1.807) is 0 Å². The van der Waals surface area contributed by atoms with Crippen molar-refractivity contribution in [1.29, 1.82) is 0 Å². The third kappa shape index (κ3) is 9.73. The van der Waals surface area contributed by atoms with Crippen LogP contribution in [0.25, 0.3) is 54.9 Å². The van der Waals surface area contributed by atoms with Crippen molar-refractivity contribution in [1.82, 2.24) is 0 Å². The minimum atomic E-state index is 0.537. The number of hydrogen-bond acceptors (Lipinski definition) is 2. The molecule has 10 aromatic carbocycles. The normalized spacial score (nSPS) is 11.8. The van der Waals surface area contributed by atoms with Crippen molar-refractivity contribution in [3.63, 3.8) is 0 Å². The summed E-state index contributed by atoms with van der Waals surface area (Å²) in [6.45, 7) is 11.3. The highest BCUT2D eigenvalue weighted by Crippen LogP contribution is 2.43. The van der Waals surface area contributed by atoms with Gasteiger partial charge in [0.05, 0.1) is 0 Å². The molecule has 0 bridgehead atoms. The van der Waals surface area contributed by atoms with Gasteiger partial charge < -0.3 is 9.80 Å². The van der Waals surface area contributed by atoms with E-state index in [1.165, 1.54) is 90.0 Å². The van der Waals surface area contributed by atoms with Gasteiger partial charge in [-0.2, -0.15) is 0 Å². The fourth-order valence-corrected chi connectivity index (χ4v) is 11.0. The molecule has 0 aromatic heterocycles. The van der Waals surface area contributed by atoms with Gasteiger partial charge in [0.25, 0.3) is 0 Å². The molecule has 2 nitrogen and oxygen atoms in total. The van der Waals surface area contributed by atoms with Crippen LogP contribution in [0.15, 0.2) is 215 Å². The Morgan fingerprint density at radius 2 is 0.800 bits per heavy atom. The molecule has 0 saturated carbocycles. The molecule has 10 rings (SSSR count). The number of fused-ring (bicyclic) bond motifs is 2. The van der Waals surface area contributed by atoms with Crippen molar-refractivity contribution >= 4 is 87.5 Å². The summed E-state index contributed by atoms with van der Waals surface area (Å²) in [4.78, 5) is 4.69. The quantitative estimate of drug-likeness (QED) is 0.107. The molecule has 0 N–H and O–H groups in total. The predicted octanol–water partition coefficient (Wildman–Crippen LogP) is 20.9. The molecule has 1 atom stereocenters. The molecule has 346 valence electrons. The van der Waals surface area contributed by atoms with E-state index in [0.717, 1.165) is 55.9 Å². The first kappa shape index (κ1) is 47.0. The predicted molar refractivity (Wildman–Crippen MR) is 309 cm³/mol. The first-order valence-electron chi connectivity index (χ1n) is 24.7. The van der Waals surface area contributed by atoms with Crippen LogP contribution in [0.1, 0.15) is 68.2 Å². The largest absolute Gasteiger partial charge is 0.310 e. The second kappa shape index (κ2) is 20.7. The summed E-state index contributed by atoms with van der Waals surface area (Å²) < 4.78 is 2.11. The lowest BCUT2D eigenvalue weighted by molar-refractivity contribution is 0.665. The molecule has 0 radical (unpaired) electrons. The topological polar surface area (TPSA) is 6.48 Å². The molecule has 0 spiro atoms. The molecule has 1 unspecified atom stereocenters. The van der Waals surface area contributed by atoms with E-state index in [4.69, 9.17) is 0 Å². The molecule has 0 aliphatic carbocycles. The fourth-order valence-electron chi connectivity index (χ4n) is 10.3. The van der Waals surface area contributed by atoms with Gasteiger partial charge in [-0.3, -0.25) is 0 Å². The zero-order chi connectivity index (χ0) is 48.3. The summed E-state index contributed by atoms with van der Waals surface area (Å²) in [5.74, 6) is 0.537. The van der Waals surface area contributed by atoms with Crippen LogP contribution in [0, 0.1) is 13.8 Å². The second-order valence-electron chi connectivity index (χ2n) is 18.8. The maximum atomic E-state index is 3.74. The van der Waals surface area contributed by atoms with Crippen LogP contribution < -0.4 is 9.80 Å². The molecule has 0 aliphatic heterocycles. The standard InChI is InChI=1S/C66H58Br2N2/c1-6-10-44(3)48-26-34-58(35-27-48)70(62-15-9-13-56(68)43-62)60-38-30-50(31-39-60)54-25-23-52-21-17-46(5)66(64(52)41-54)65-45(4)16-20-51-22-24-53(40-63(51)65)49-28-36-59(37-29-49)69(61-14-8-12-55(67)42-61)57-32-18-47(11-7-2)19-33-57/h8-9,12-44H,6-7,10-11H2,1-5H3. The number of nitrogens with zero attached hydrogens (tertiary/aromatic N) is 2. The molecule has 0 aliphatic rings. The molecule has 4 heteroatoms. The molecule has 0 amide bonds. The highest BCUT2D eigenvalue weighted by atomic mass is 79.9. The Morgan fingerprint density at radius 1 is 0.400 bits per heavy atom. The van der Waals surface area contributed by atoms with Crippen LogP contribution in [0.2, 0.25) is 0 Å². The van der Waals surface area contributed by atoms with E-state index < -0.39 is 0 Å². The fraction of sp³-hybridized carbons (Fsp3) is 0.152. The Hall–Kier alpha value is -6.72. The Labute approximate surface area is 431 Å². The van der Waals surface area contributed by atoms with Gasteiger partial charge in [-0.05, 0) is 207 Å². The summed E-state index contributed by atoms with van der Waals surface area (Å²) in [5.41, 5.74) is 19.3. The summed E-state index contributed by atoms with van der Waals surface area (Å²) >= 11 is 7.47. The van der Waals surface area contributed by atoms with Gasteiger partial charge in [-0.1, -0.05) is 175 Å². The first-order valence-corrected chi connectivity index (χ1v) is 26.3. The van der Waals surface area contributed by atoms with Crippen molar-refractivity contribution in [3.8, 4) is 33.4 Å². The van der Waals surface area contributed by atoms with E-state index in [1.807, 2.05) is 0 Å². The number of anilines is 6. The van der Waals surface area contributed by atoms with E-state index >= 15 is 0 Å². The Bertz CT molecular complexity index is 3450. The van der Waals surface area contributed by atoms with Crippen molar-refractivity contribution in [2.45, 2.75) is 66.2 Å². The Balaban J connectivity index is 1.01. The highest BCUT2D eigenvalue weighted by molar-refractivity contribution is 9.10. The maximum absolute atomic E-state index is 3.74. The summed E-state index contributed by atoms with van der Waals surface area (Å²) in [7, 11) is 0. The van der Waals surface area contributed by atoms with Gasteiger partial charge in [-0.15, -0.1) is 0 Å². The summed E-state index contributed by atoms with van der Waals surface area (Å²) in [5, 5.41) is 4.99. The van der Waals surface area contributed by atoms with E-state index in [9.17, 15) is 0 Å². The average Bonchev–Trinajstić information content (AvgIpc) is 3.38. The average molecular weight is 1040 g/mol. The molecule has 0 fully saturated rings. The number of aryl methyl sites for hydroxylation is 3. The number of hydrogen-bond donors (Lipinski definition) is 0. The van der Waals surface area contributed by atoms with Crippen LogP contribution in [0.4, 0.5) is 34.1 Å². The summed E-state index contributed by atoms with van der Waals surface area (Å²) in [6, 6.07) is 76.4. The maximum Gasteiger partial charge on any atom is 0.0472 e. The van der Waals surface area contributed by atoms with Crippen LogP contribution in [0.3, 0.4) is 0 Å². The van der Waals surface area contributed by atoms with Crippen molar-refractivity contribution in [2.24, 2.45) is 0 Å². The van der Waals surface area contributed by atoms with Gasteiger partial charge in [0, 0.05) is 43.1 Å². The smallest absolute Gasteiger partial charge is 0.0472 e. The molecular weight excluding hydrogens is 981 g/mol. The summed E-state index contributed by atoms with van der Waals surface area (Å²) in [6.07, 6.45) is 4.58. The lowest BCUT2D eigenvalue weighted by atomic mass is 9.86. The third-order valence-corrected chi connectivity index (χ3v) is 14.9. The van der Waals surface area contributed by atoms with Crippen molar-refractivity contribution in [3.05, 3.63) is 237 Å². The molecule has 70 heavy (non-hydrogen) atoms. The van der Waals surface area contributed by atoms with Gasteiger partial charge in [0.15, 0.2) is 0 Å². The molecular formula is C66H58Br2N2. The third-order valence-electron chi connectivity index (χ3n) is 13.9. The van der Waals surface area contributed by atoms with Crippen LogP contribution in [-0.2, 0) is 6.42 Å². The zero-order valence-electron chi connectivity index (χ0n) is 40.7. The van der Waals surface area contributed by atoms with Crippen LogP contribution in [-0.4, -0.2) is 0 Å².